The van der Waals surface area contributed by atoms with Gasteiger partial charge in [0, 0.05) is 11.1 Å². The van der Waals surface area contributed by atoms with Crippen molar-refractivity contribution in [3.05, 3.63) is 59.2 Å². The Hall–Kier alpha value is -3.15. The van der Waals surface area contributed by atoms with Crippen molar-refractivity contribution in [2.24, 2.45) is 0 Å². The molecule has 6 nitrogen and oxygen atoms in total. The van der Waals surface area contributed by atoms with Gasteiger partial charge >= 0.3 is 0 Å². The van der Waals surface area contributed by atoms with E-state index in [1.807, 2.05) is 12.1 Å². The molecule has 0 saturated heterocycles. The van der Waals surface area contributed by atoms with Crippen molar-refractivity contribution in [3.63, 3.8) is 0 Å². The summed E-state index contributed by atoms with van der Waals surface area (Å²) in [5, 5.41) is 10.8. The van der Waals surface area contributed by atoms with Gasteiger partial charge in [-0.2, -0.15) is 0 Å². The number of unbranched alkanes of at least 4 members (excludes halogenated alkanes) is 4. The highest BCUT2D eigenvalue weighted by Gasteiger charge is 2.18. The van der Waals surface area contributed by atoms with Crippen LogP contribution in [-0.4, -0.2) is 22.8 Å². The Morgan fingerprint density at radius 2 is 1.72 bits per heavy atom. The smallest absolute Gasteiger partial charge is 0.256 e. The van der Waals surface area contributed by atoms with Crippen LogP contribution in [0.15, 0.2) is 47.1 Å². The van der Waals surface area contributed by atoms with Crippen LogP contribution in [0.1, 0.15) is 74.4 Å². The van der Waals surface area contributed by atoms with Gasteiger partial charge in [0.2, 0.25) is 5.82 Å². The fourth-order valence-corrected chi connectivity index (χ4v) is 3.60. The average Bonchev–Trinajstić information content (AvgIpc) is 3.29. The van der Waals surface area contributed by atoms with E-state index in [9.17, 15) is 4.79 Å². The first-order chi connectivity index (χ1) is 15.7. The highest BCUT2D eigenvalue weighted by Crippen LogP contribution is 2.30. The molecule has 0 saturated carbocycles. The van der Waals surface area contributed by atoms with Gasteiger partial charge in [-0.25, -0.2) is 4.63 Å². The number of benzene rings is 2. The molecule has 1 aromatic heterocycles. The van der Waals surface area contributed by atoms with E-state index in [0.717, 1.165) is 36.1 Å². The van der Waals surface area contributed by atoms with Crippen molar-refractivity contribution in [1.29, 1.82) is 0 Å². The minimum atomic E-state index is -0.266. The molecule has 0 radical (unpaired) electrons. The van der Waals surface area contributed by atoms with E-state index >= 15 is 0 Å². The molecule has 0 spiro atoms. The molecule has 170 valence electrons. The lowest BCUT2D eigenvalue weighted by Crippen LogP contribution is -2.13. The van der Waals surface area contributed by atoms with Crippen molar-refractivity contribution in [2.75, 3.05) is 11.9 Å². The Balaban J connectivity index is 1.63. The summed E-state index contributed by atoms with van der Waals surface area (Å²) in [4.78, 5) is 12.8. The van der Waals surface area contributed by atoms with Crippen molar-refractivity contribution in [2.45, 2.75) is 65.7 Å². The highest BCUT2D eigenvalue weighted by molar-refractivity contribution is 6.05. The largest absolute Gasteiger partial charge is 0.494 e. The molecule has 6 heteroatoms. The van der Waals surface area contributed by atoms with Gasteiger partial charge in [0.25, 0.3) is 5.91 Å². The summed E-state index contributed by atoms with van der Waals surface area (Å²) in [5.74, 6) is 0.827. The standard InChI is InChI=1S/C26H33N3O3/c1-4-7-8-9-10-17-31-22-15-13-21(14-16-22)26(30)27-25-24(28-32-29-25)23-18-19(5-2)11-12-20(23)6-3/h11-16,18H,4-10,17H2,1-3H3,(H,27,29,30). The predicted octanol–water partition coefficient (Wildman–Crippen LogP) is 6.46. The molecule has 1 heterocycles. The summed E-state index contributed by atoms with van der Waals surface area (Å²) in [6.07, 6.45) is 7.75. The molecular weight excluding hydrogens is 402 g/mol. The van der Waals surface area contributed by atoms with E-state index in [1.54, 1.807) is 12.1 Å². The summed E-state index contributed by atoms with van der Waals surface area (Å²) in [7, 11) is 0. The second-order valence-corrected chi connectivity index (χ2v) is 7.90. The maximum atomic E-state index is 12.8. The quantitative estimate of drug-likeness (QED) is 0.330. The summed E-state index contributed by atoms with van der Waals surface area (Å²) in [6, 6.07) is 13.4. The number of hydrogen-bond acceptors (Lipinski definition) is 5. The Bertz CT molecular complexity index is 996. The van der Waals surface area contributed by atoms with Crippen LogP contribution in [0.2, 0.25) is 0 Å². The van der Waals surface area contributed by atoms with Crippen LogP contribution in [0.4, 0.5) is 5.82 Å². The molecule has 1 amide bonds. The Labute approximate surface area is 190 Å². The second-order valence-electron chi connectivity index (χ2n) is 7.90. The normalized spacial score (nSPS) is 10.8. The van der Waals surface area contributed by atoms with Crippen LogP contribution >= 0.6 is 0 Å². The number of anilines is 1. The third kappa shape index (κ3) is 6.19. The van der Waals surface area contributed by atoms with E-state index in [0.29, 0.717) is 23.7 Å². The number of rotatable bonds is 12. The van der Waals surface area contributed by atoms with Crippen molar-refractivity contribution >= 4 is 11.7 Å². The number of amides is 1. The molecule has 3 rings (SSSR count). The molecule has 32 heavy (non-hydrogen) atoms. The summed E-state index contributed by atoms with van der Waals surface area (Å²) < 4.78 is 10.8. The van der Waals surface area contributed by atoms with Crippen molar-refractivity contribution in [1.82, 2.24) is 10.3 Å². The van der Waals surface area contributed by atoms with Gasteiger partial charge in [-0.05, 0) is 71.0 Å². The number of ether oxygens (including phenoxy) is 1. The summed E-state index contributed by atoms with van der Waals surface area (Å²) in [5.41, 5.74) is 4.33. The van der Waals surface area contributed by atoms with E-state index in [2.05, 4.69) is 54.6 Å². The van der Waals surface area contributed by atoms with Crippen molar-refractivity contribution < 1.29 is 14.2 Å². The van der Waals surface area contributed by atoms with E-state index in [4.69, 9.17) is 9.37 Å². The zero-order valence-electron chi connectivity index (χ0n) is 19.3. The van der Waals surface area contributed by atoms with Crippen LogP contribution in [-0.2, 0) is 12.8 Å². The highest BCUT2D eigenvalue weighted by atomic mass is 16.6. The van der Waals surface area contributed by atoms with Crippen LogP contribution in [0.3, 0.4) is 0 Å². The zero-order chi connectivity index (χ0) is 22.8. The molecule has 0 aliphatic carbocycles. The molecule has 3 aromatic rings. The maximum absolute atomic E-state index is 12.8. The number of nitrogens with one attached hydrogen (secondary N) is 1. The Kier molecular flexibility index (Phi) is 8.84. The zero-order valence-corrected chi connectivity index (χ0v) is 19.3. The fraction of sp³-hybridized carbons (Fsp3) is 0.423. The summed E-state index contributed by atoms with van der Waals surface area (Å²) >= 11 is 0. The van der Waals surface area contributed by atoms with Gasteiger partial charge < -0.3 is 10.1 Å². The number of aryl methyl sites for hydroxylation is 2. The third-order valence-corrected chi connectivity index (χ3v) is 5.57. The van der Waals surface area contributed by atoms with Gasteiger partial charge in [-0.1, -0.05) is 58.6 Å². The first kappa shape index (κ1) is 23.5. The molecule has 0 aliphatic rings. The van der Waals surface area contributed by atoms with Crippen molar-refractivity contribution in [3.8, 4) is 17.0 Å². The van der Waals surface area contributed by atoms with E-state index < -0.39 is 0 Å². The molecule has 0 fully saturated rings. The molecule has 1 N–H and O–H groups in total. The van der Waals surface area contributed by atoms with Crippen LogP contribution in [0.25, 0.3) is 11.3 Å². The van der Waals surface area contributed by atoms with Gasteiger partial charge in [0.05, 0.1) is 6.61 Å². The number of nitrogens with zero attached hydrogens (tertiary/aromatic N) is 2. The molecule has 0 atom stereocenters. The lowest BCUT2D eigenvalue weighted by Gasteiger charge is -2.09. The summed E-state index contributed by atoms with van der Waals surface area (Å²) in [6.45, 7) is 7.10. The fourth-order valence-electron chi connectivity index (χ4n) is 3.60. The first-order valence-corrected chi connectivity index (χ1v) is 11.6. The topological polar surface area (TPSA) is 77.2 Å². The Morgan fingerprint density at radius 1 is 0.938 bits per heavy atom. The van der Waals surface area contributed by atoms with Gasteiger partial charge in [0.15, 0.2) is 5.69 Å². The molecular formula is C26H33N3O3. The molecule has 0 bridgehead atoms. The van der Waals surface area contributed by atoms with Crippen LogP contribution < -0.4 is 10.1 Å². The first-order valence-electron chi connectivity index (χ1n) is 11.6. The van der Waals surface area contributed by atoms with Gasteiger partial charge in [-0.3, -0.25) is 4.79 Å². The SMILES string of the molecule is CCCCCCCOc1ccc(C(=O)Nc2nonc2-c2cc(CC)ccc2CC)cc1. The van der Waals surface area contributed by atoms with Gasteiger partial charge in [-0.15, -0.1) is 0 Å². The van der Waals surface area contributed by atoms with Gasteiger partial charge in [0.1, 0.15) is 5.75 Å². The minimum absolute atomic E-state index is 0.266. The number of carbonyl (C=O) groups is 1. The van der Waals surface area contributed by atoms with E-state index in [-0.39, 0.29) is 5.91 Å². The lowest BCUT2D eigenvalue weighted by molar-refractivity contribution is 0.102. The monoisotopic (exact) mass is 435 g/mol. The lowest BCUT2D eigenvalue weighted by atomic mass is 9.98. The number of aromatic nitrogens is 2. The third-order valence-electron chi connectivity index (χ3n) is 5.57. The average molecular weight is 436 g/mol. The van der Waals surface area contributed by atoms with E-state index in [1.165, 1.54) is 31.2 Å². The molecule has 0 unspecified atom stereocenters. The minimum Gasteiger partial charge on any atom is -0.494 e. The van der Waals surface area contributed by atoms with Crippen LogP contribution in [0.5, 0.6) is 5.75 Å². The Morgan fingerprint density at radius 3 is 2.44 bits per heavy atom. The predicted molar refractivity (Wildman–Crippen MR) is 127 cm³/mol. The number of carbonyl (C=O) groups excluding carboxylic acids is 1. The maximum Gasteiger partial charge on any atom is 0.256 e. The second kappa shape index (κ2) is 12.0. The number of hydrogen-bond donors (Lipinski definition) is 1. The van der Waals surface area contributed by atoms with Crippen LogP contribution in [0, 0.1) is 0 Å². The molecule has 2 aromatic carbocycles. The molecule has 0 aliphatic heterocycles.